The molecule has 0 bridgehead atoms. The van der Waals surface area contributed by atoms with Crippen LogP contribution in [0.2, 0.25) is 5.02 Å². The fourth-order valence-electron chi connectivity index (χ4n) is 4.59. The Balaban J connectivity index is 1.51. The number of hydrogen-bond acceptors (Lipinski definition) is 7. The van der Waals surface area contributed by atoms with Crippen LogP contribution in [0.1, 0.15) is 0 Å². The molecule has 2 fully saturated rings. The second-order valence-corrected chi connectivity index (χ2v) is 8.24. The van der Waals surface area contributed by atoms with Gasteiger partial charge in [0.05, 0.1) is 28.5 Å². The molecule has 5 rings (SSSR count). The summed E-state index contributed by atoms with van der Waals surface area (Å²) in [7, 11) is 0. The Morgan fingerprint density at radius 1 is 1.09 bits per heavy atom. The lowest BCUT2D eigenvalue weighted by atomic mass is 9.88. The number of carbonyl (C=O) groups is 3. The van der Waals surface area contributed by atoms with E-state index in [2.05, 4.69) is 10.4 Å². The van der Waals surface area contributed by atoms with Gasteiger partial charge < -0.3 is 5.32 Å². The van der Waals surface area contributed by atoms with Crippen molar-refractivity contribution >= 4 is 52.6 Å². The Bertz CT molecular complexity index is 1240. The minimum Gasteiger partial charge on any atom is -0.324 e. The Labute approximate surface area is 192 Å². The lowest BCUT2D eigenvalue weighted by Gasteiger charge is -2.30. The van der Waals surface area contributed by atoms with Crippen molar-refractivity contribution in [1.82, 2.24) is 5.01 Å². The van der Waals surface area contributed by atoms with E-state index in [1.807, 2.05) is 0 Å². The van der Waals surface area contributed by atoms with Crippen molar-refractivity contribution in [2.24, 2.45) is 16.9 Å². The van der Waals surface area contributed by atoms with Crippen molar-refractivity contribution in [2.45, 2.75) is 12.1 Å². The molecule has 0 unspecified atom stereocenters. The molecular weight excluding hydrogens is 450 g/mol. The Kier molecular flexibility index (Phi) is 4.94. The van der Waals surface area contributed by atoms with Gasteiger partial charge in [-0.25, -0.2) is 4.90 Å². The molecule has 10 nitrogen and oxygen atoms in total. The Morgan fingerprint density at radius 2 is 1.82 bits per heavy atom. The van der Waals surface area contributed by atoms with E-state index >= 15 is 0 Å². The zero-order chi connectivity index (χ0) is 23.3. The highest BCUT2D eigenvalue weighted by Gasteiger charge is 2.64. The first-order valence-corrected chi connectivity index (χ1v) is 10.4. The van der Waals surface area contributed by atoms with E-state index in [1.165, 1.54) is 35.5 Å². The summed E-state index contributed by atoms with van der Waals surface area (Å²) >= 11 is 5.90. The van der Waals surface area contributed by atoms with Crippen molar-refractivity contribution in [2.75, 3.05) is 10.2 Å². The topological polar surface area (TPSA) is 125 Å². The maximum atomic E-state index is 13.5. The van der Waals surface area contributed by atoms with Gasteiger partial charge in [-0.2, -0.15) is 5.10 Å². The number of non-ortho nitro benzene ring substituents is 1. The summed E-state index contributed by atoms with van der Waals surface area (Å²) in [6.07, 6.45) is 4.88. The fraction of sp³-hybridized carbons (Fsp3) is 0.182. The molecule has 11 heteroatoms. The lowest BCUT2D eigenvalue weighted by Crippen LogP contribution is -2.47. The molecule has 0 radical (unpaired) electrons. The molecule has 3 aliphatic heterocycles. The van der Waals surface area contributed by atoms with Gasteiger partial charge in [0, 0.05) is 29.1 Å². The van der Waals surface area contributed by atoms with Crippen LogP contribution >= 0.6 is 11.6 Å². The number of allylic oxidation sites excluding steroid dienone is 1. The lowest BCUT2D eigenvalue weighted by molar-refractivity contribution is -0.384. The van der Waals surface area contributed by atoms with Crippen LogP contribution in [0.5, 0.6) is 0 Å². The largest absolute Gasteiger partial charge is 0.324 e. The van der Waals surface area contributed by atoms with E-state index in [0.717, 1.165) is 4.90 Å². The predicted octanol–water partition coefficient (Wildman–Crippen LogP) is 2.60. The van der Waals surface area contributed by atoms with E-state index in [0.29, 0.717) is 10.7 Å². The number of nitrogens with zero attached hydrogens (tertiary/aromatic N) is 4. The molecule has 0 aliphatic carbocycles. The molecule has 33 heavy (non-hydrogen) atoms. The van der Waals surface area contributed by atoms with E-state index in [4.69, 9.17) is 11.6 Å². The first-order valence-electron chi connectivity index (χ1n) is 10.0. The van der Waals surface area contributed by atoms with Crippen LogP contribution in [-0.4, -0.2) is 46.0 Å². The number of hydrogen-bond donors (Lipinski definition) is 1. The molecule has 0 spiro atoms. The van der Waals surface area contributed by atoms with Gasteiger partial charge in [0.1, 0.15) is 6.04 Å². The maximum Gasteiger partial charge on any atom is 0.271 e. The number of halogens is 1. The third-order valence-electron chi connectivity index (χ3n) is 5.97. The van der Waals surface area contributed by atoms with Crippen molar-refractivity contribution in [3.63, 3.8) is 0 Å². The van der Waals surface area contributed by atoms with E-state index in [-0.39, 0.29) is 11.4 Å². The van der Waals surface area contributed by atoms with E-state index in [9.17, 15) is 24.5 Å². The smallest absolute Gasteiger partial charge is 0.271 e. The predicted molar refractivity (Wildman–Crippen MR) is 120 cm³/mol. The number of rotatable bonds is 4. The number of amides is 3. The summed E-state index contributed by atoms with van der Waals surface area (Å²) in [5.41, 5.74) is 0.333. The molecule has 0 saturated carbocycles. The van der Waals surface area contributed by atoms with Gasteiger partial charge in [-0.1, -0.05) is 23.7 Å². The number of benzene rings is 2. The molecule has 166 valence electrons. The van der Waals surface area contributed by atoms with Gasteiger partial charge in [0.25, 0.3) is 5.69 Å². The fourth-order valence-corrected chi connectivity index (χ4v) is 4.71. The quantitative estimate of drug-likeness (QED) is 0.420. The third-order valence-corrected chi connectivity index (χ3v) is 6.22. The highest BCUT2D eigenvalue weighted by Crippen LogP contribution is 2.46. The zero-order valence-corrected chi connectivity index (χ0v) is 17.6. The Morgan fingerprint density at radius 3 is 2.55 bits per heavy atom. The monoisotopic (exact) mass is 465 g/mol. The van der Waals surface area contributed by atoms with Gasteiger partial charge in [0.15, 0.2) is 0 Å². The molecule has 2 saturated heterocycles. The molecule has 0 aromatic heterocycles. The normalized spacial score (nSPS) is 25.2. The minimum atomic E-state index is -1.04. The molecule has 2 aromatic rings. The van der Waals surface area contributed by atoms with Crippen LogP contribution in [-0.2, 0) is 14.4 Å². The van der Waals surface area contributed by atoms with E-state index in [1.54, 1.807) is 36.4 Å². The molecule has 3 aliphatic rings. The van der Waals surface area contributed by atoms with Crippen LogP contribution in [0.3, 0.4) is 0 Å². The molecule has 2 aromatic carbocycles. The summed E-state index contributed by atoms with van der Waals surface area (Å²) < 4.78 is 0. The van der Waals surface area contributed by atoms with Crippen LogP contribution < -0.4 is 10.2 Å². The Hall–Kier alpha value is -4.05. The molecule has 3 amide bonds. The van der Waals surface area contributed by atoms with Crippen LogP contribution in [0, 0.1) is 22.0 Å². The molecule has 4 atom stereocenters. The minimum absolute atomic E-state index is 0.0975. The second-order valence-electron chi connectivity index (χ2n) is 7.80. The molecule has 3 heterocycles. The number of fused-ring (bicyclic) bond motifs is 3. The standard InChI is InChI=1S/C22H16ClN5O5/c23-12-6-8-13(9-7-12)25-20(29)19-18-17(16-5-2-10-24-27(16)19)21(30)26(22(18)31)14-3-1-4-15(11-14)28(32)33/h1-11,16-19H,(H,25,29)/t16-,17+,18+,19-/m0/s1. The highest BCUT2D eigenvalue weighted by atomic mass is 35.5. The number of anilines is 2. The van der Waals surface area contributed by atoms with Gasteiger partial charge in [0.2, 0.25) is 17.7 Å². The number of hydrazone groups is 1. The maximum absolute atomic E-state index is 13.5. The first-order chi connectivity index (χ1) is 15.9. The summed E-state index contributed by atoms with van der Waals surface area (Å²) in [6, 6.07) is 10.2. The van der Waals surface area contributed by atoms with Gasteiger partial charge >= 0.3 is 0 Å². The molecule has 1 N–H and O–H groups in total. The van der Waals surface area contributed by atoms with Crippen LogP contribution in [0.4, 0.5) is 17.1 Å². The zero-order valence-electron chi connectivity index (χ0n) is 16.9. The van der Waals surface area contributed by atoms with Crippen molar-refractivity contribution in [3.05, 3.63) is 75.8 Å². The summed E-state index contributed by atoms with van der Waals surface area (Å²) in [4.78, 5) is 51.6. The number of carbonyl (C=O) groups excluding carboxylic acids is 3. The summed E-state index contributed by atoms with van der Waals surface area (Å²) in [6.45, 7) is 0. The van der Waals surface area contributed by atoms with E-state index < -0.39 is 46.6 Å². The van der Waals surface area contributed by atoms with Crippen molar-refractivity contribution in [1.29, 1.82) is 0 Å². The number of nitro groups is 1. The van der Waals surface area contributed by atoms with Crippen LogP contribution in [0.25, 0.3) is 0 Å². The SMILES string of the molecule is O=C(Nc1ccc(Cl)cc1)[C@@H]1[C@@H]2C(=O)N(c3cccc([N+](=O)[O-])c3)C(=O)[C@@H]2[C@@H]2C=CC=NN12. The average molecular weight is 466 g/mol. The molecular formula is C22H16ClN5O5. The van der Waals surface area contributed by atoms with Crippen molar-refractivity contribution < 1.29 is 19.3 Å². The third kappa shape index (κ3) is 3.35. The first kappa shape index (κ1) is 20.8. The second kappa shape index (κ2) is 7.82. The number of nitrogens with one attached hydrogen (secondary N) is 1. The average Bonchev–Trinajstić information content (AvgIpc) is 3.28. The highest BCUT2D eigenvalue weighted by molar-refractivity contribution is 6.30. The van der Waals surface area contributed by atoms with Crippen molar-refractivity contribution in [3.8, 4) is 0 Å². The number of imide groups is 1. The summed E-state index contributed by atoms with van der Waals surface area (Å²) in [5, 5.41) is 20.2. The summed E-state index contributed by atoms with van der Waals surface area (Å²) in [5.74, 6) is -3.48. The van der Waals surface area contributed by atoms with Crippen LogP contribution in [0.15, 0.2) is 65.8 Å². The van der Waals surface area contributed by atoms with Gasteiger partial charge in [-0.3, -0.25) is 29.5 Å². The van der Waals surface area contributed by atoms with Gasteiger partial charge in [-0.15, -0.1) is 0 Å². The number of nitro benzene ring substituents is 1. The van der Waals surface area contributed by atoms with Gasteiger partial charge in [-0.05, 0) is 36.4 Å².